The Kier molecular flexibility index (Phi) is 10.8. The first-order valence-electron chi connectivity index (χ1n) is 12.7. The Balaban J connectivity index is 2.03. The van der Waals surface area contributed by atoms with Crippen LogP contribution in [0.2, 0.25) is 10.0 Å². The molecule has 40 heavy (non-hydrogen) atoms. The quantitative estimate of drug-likeness (QED) is 0.299. The lowest BCUT2D eigenvalue weighted by Crippen LogP contribution is -2.51. The van der Waals surface area contributed by atoms with E-state index < -0.39 is 28.5 Å². The summed E-state index contributed by atoms with van der Waals surface area (Å²) < 4.78 is 33.8. The van der Waals surface area contributed by atoms with Crippen LogP contribution in [0.3, 0.4) is 0 Å². The monoisotopic (exact) mass is 605 g/mol. The Morgan fingerprint density at radius 1 is 0.950 bits per heavy atom. The molecule has 214 valence electrons. The number of ether oxygens (including phenoxy) is 1. The van der Waals surface area contributed by atoms with E-state index in [0.29, 0.717) is 17.3 Å². The van der Waals surface area contributed by atoms with Gasteiger partial charge in [-0.1, -0.05) is 67.4 Å². The lowest BCUT2D eigenvalue weighted by atomic mass is 10.1. The van der Waals surface area contributed by atoms with Crippen LogP contribution in [0.5, 0.6) is 5.75 Å². The zero-order chi connectivity index (χ0) is 29.4. The number of carbonyl (C=O) groups excluding carboxylic acids is 2. The lowest BCUT2D eigenvalue weighted by Gasteiger charge is -2.32. The number of nitrogens with zero attached hydrogens (tertiary/aromatic N) is 2. The van der Waals surface area contributed by atoms with Gasteiger partial charge in [0.05, 0.1) is 22.7 Å². The summed E-state index contributed by atoms with van der Waals surface area (Å²) in [6.45, 7) is 5.47. The Hall–Kier alpha value is -3.27. The second kappa shape index (κ2) is 13.9. The Labute approximate surface area is 245 Å². The molecule has 3 aromatic rings. The Bertz CT molecular complexity index is 1420. The summed E-state index contributed by atoms with van der Waals surface area (Å²) in [5.41, 5.74) is 0.901. The molecule has 0 spiro atoms. The zero-order valence-corrected chi connectivity index (χ0v) is 25.1. The van der Waals surface area contributed by atoms with Crippen LogP contribution in [-0.2, 0) is 26.2 Å². The molecule has 0 aliphatic carbocycles. The normalized spacial score (nSPS) is 12.1. The molecule has 11 heteroatoms. The summed E-state index contributed by atoms with van der Waals surface area (Å²) in [7, 11) is -2.75. The molecular weight excluding hydrogens is 573 g/mol. The van der Waals surface area contributed by atoms with E-state index in [4.69, 9.17) is 27.9 Å². The fraction of sp³-hybridized carbons (Fsp3) is 0.310. The first kappa shape index (κ1) is 31.3. The Morgan fingerprint density at radius 2 is 1.60 bits per heavy atom. The topological polar surface area (TPSA) is 96.0 Å². The second-order valence-electron chi connectivity index (χ2n) is 9.61. The fourth-order valence-electron chi connectivity index (χ4n) is 3.88. The summed E-state index contributed by atoms with van der Waals surface area (Å²) in [5, 5.41) is 3.57. The molecule has 0 saturated carbocycles. The van der Waals surface area contributed by atoms with Crippen LogP contribution in [0.1, 0.15) is 26.3 Å². The summed E-state index contributed by atoms with van der Waals surface area (Å²) in [4.78, 5) is 28.3. The van der Waals surface area contributed by atoms with E-state index in [0.717, 1.165) is 9.87 Å². The Morgan fingerprint density at radius 3 is 2.17 bits per heavy atom. The van der Waals surface area contributed by atoms with Gasteiger partial charge in [-0.3, -0.25) is 13.9 Å². The van der Waals surface area contributed by atoms with E-state index in [1.165, 1.54) is 42.3 Å². The van der Waals surface area contributed by atoms with Crippen molar-refractivity contribution in [3.05, 3.63) is 88.4 Å². The second-order valence-corrected chi connectivity index (χ2v) is 12.3. The number of anilines is 1. The van der Waals surface area contributed by atoms with Gasteiger partial charge in [-0.25, -0.2) is 8.42 Å². The third-order valence-electron chi connectivity index (χ3n) is 6.15. The van der Waals surface area contributed by atoms with Gasteiger partial charge in [0.2, 0.25) is 11.8 Å². The molecule has 2 amide bonds. The molecule has 0 unspecified atom stereocenters. The van der Waals surface area contributed by atoms with Crippen molar-refractivity contribution in [3.8, 4) is 5.75 Å². The van der Waals surface area contributed by atoms with Crippen LogP contribution < -0.4 is 14.4 Å². The van der Waals surface area contributed by atoms with Crippen LogP contribution in [0.4, 0.5) is 5.69 Å². The molecule has 8 nitrogen and oxygen atoms in total. The van der Waals surface area contributed by atoms with E-state index in [1.54, 1.807) is 49.4 Å². The SMILES string of the molecule is COc1ccc(N(CC(=O)N(Cc2ccc(Cl)cc2)[C@H](C)C(=O)NCC(C)C)S(=O)(=O)c2ccccc2)cc1Cl. The fourth-order valence-corrected chi connectivity index (χ4v) is 5.69. The third-order valence-corrected chi connectivity index (χ3v) is 8.49. The van der Waals surface area contributed by atoms with Crippen molar-refractivity contribution >= 4 is 50.7 Å². The molecule has 0 aliphatic rings. The first-order chi connectivity index (χ1) is 18.9. The smallest absolute Gasteiger partial charge is 0.264 e. The van der Waals surface area contributed by atoms with Crippen LogP contribution in [0, 0.1) is 5.92 Å². The van der Waals surface area contributed by atoms with Gasteiger partial charge in [0.1, 0.15) is 18.3 Å². The number of amides is 2. The predicted octanol–water partition coefficient (Wildman–Crippen LogP) is 5.39. The molecule has 0 heterocycles. The highest BCUT2D eigenvalue weighted by atomic mass is 35.5. The van der Waals surface area contributed by atoms with Gasteiger partial charge < -0.3 is 15.0 Å². The first-order valence-corrected chi connectivity index (χ1v) is 14.9. The zero-order valence-electron chi connectivity index (χ0n) is 22.8. The van der Waals surface area contributed by atoms with Gasteiger partial charge in [0, 0.05) is 18.1 Å². The van der Waals surface area contributed by atoms with Crippen LogP contribution in [-0.4, -0.2) is 51.4 Å². The number of benzene rings is 3. The molecule has 1 atom stereocenters. The van der Waals surface area contributed by atoms with Crippen molar-refractivity contribution < 1.29 is 22.7 Å². The minimum Gasteiger partial charge on any atom is -0.495 e. The number of rotatable bonds is 12. The molecule has 3 rings (SSSR count). The number of sulfonamides is 1. The van der Waals surface area contributed by atoms with Crippen LogP contribution >= 0.6 is 23.2 Å². The molecule has 0 fully saturated rings. The average molecular weight is 607 g/mol. The molecular formula is C29H33Cl2N3O5S. The maximum absolute atomic E-state index is 13.9. The van der Waals surface area contributed by atoms with Gasteiger partial charge in [0.15, 0.2) is 0 Å². The highest BCUT2D eigenvalue weighted by Crippen LogP contribution is 2.32. The van der Waals surface area contributed by atoms with Crippen molar-refractivity contribution in [1.29, 1.82) is 0 Å². The molecule has 0 aliphatic heterocycles. The summed E-state index contributed by atoms with van der Waals surface area (Å²) in [6, 6.07) is 18.3. The lowest BCUT2D eigenvalue weighted by molar-refractivity contribution is -0.139. The highest BCUT2D eigenvalue weighted by Gasteiger charge is 2.32. The van der Waals surface area contributed by atoms with E-state index in [1.807, 2.05) is 13.8 Å². The summed E-state index contributed by atoms with van der Waals surface area (Å²) in [5.74, 6) is -0.355. The van der Waals surface area contributed by atoms with Gasteiger partial charge in [0.25, 0.3) is 10.0 Å². The summed E-state index contributed by atoms with van der Waals surface area (Å²) in [6.07, 6.45) is 0. The van der Waals surface area contributed by atoms with Crippen molar-refractivity contribution in [2.75, 3.05) is 24.5 Å². The van der Waals surface area contributed by atoms with E-state index >= 15 is 0 Å². The van der Waals surface area contributed by atoms with Crippen molar-refractivity contribution in [1.82, 2.24) is 10.2 Å². The number of methoxy groups -OCH3 is 1. The van der Waals surface area contributed by atoms with Gasteiger partial charge in [-0.2, -0.15) is 0 Å². The van der Waals surface area contributed by atoms with Crippen molar-refractivity contribution in [2.24, 2.45) is 5.92 Å². The number of carbonyl (C=O) groups is 2. The van der Waals surface area contributed by atoms with Gasteiger partial charge in [-0.15, -0.1) is 0 Å². The van der Waals surface area contributed by atoms with Crippen molar-refractivity contribution in [3.63, 3.8) is 0 Å². The van der Waals surface area contributed by atoms with Crippen LogP contribution in [0.15, 0.2) is 77.7 Å². The highest BCUT2D eigenvalue weighted by molar-refractivity contribution is 7.92. The maximum Gasteiger partial charge on any atom is 0.264 e. The number of hydrogen-bond donors (Lipinski definition) is 1. The largest absolute Gasteiger partial charge is 0.495 e. The molecule has 1 N–H and O–H groups in total. The average Bonchev–Trinajstić information content (AvgIpc) is 2.94. The third kappa shape index (κ3) is 7.90. The van der Waals surface area contributed by atoms with Crippen LogP contribution in [0.25, 0.3) is 0 Å². The minimum atomic E-state index is -4.20. The van der Waals surface area contributed by atoms with Gasteiger partial charge >= 0.3 is 0 Å². The van der Waals surface area contributed by atoms with E-state index in [-0.39, 0.29) is 34.0 Å². The maximum atomic E-state index is 13.9. The van der Waals surface area contributed by atoms with E-state index in [9.17, 15) is 18.0 Å². The van der Waals surface area contributed by atoms with E-state index in [2.05, 4.69) is 5.32 Å². The molecule has 0 aromatic heterocycles. The molecule has 0 radical (unpaired) electrons. The minimum absolute atomic E-state index is 0.00159. The summed E-state index contributed by atoms with van der Waals surface area (Å²) >= 11 is 12.4. The van der Waals surface area contributed by atoms with Gasteiger partial charge in [-0.05, 0) is 60.9 Å². The molecule has 3 aromatic carbocycles. The molecule has 0 saturated heterocycles. The molecule has 0 bridgehead atoms. The number of halogens is 2. The van der Waals surface area contributed by atoms with Crippen molar-refractivity contribution in [2.45, 2.75) is 38.3 Å². The standard InChI is InChI=1S/C29H33Cl2N3O5S/c1-20(2)17-32-29(36)21(3)33(18-22-10-12-23(30)13-11-22)28(35)19-34(24-14-15-27(39-4)26(31)16-24)40(37,38)25-8-6-5-7-9-25/h5-16,20-21H,17-19H2,1-4H3,(H,32,36)/t21-/m1/s1. The number of nitrogens with one attached hydrogen (secondary N) is 1. The number of hydrogen-bond acceptors (Lipinski definition) is 5. The predicted molar refractivity (Wildman–Crippen MR) is 158 cm³/mol.